The van der Waals surface area contributed by atoms with E-state index in [4.69, 9.17) is 9.47 Å². The Balaban J connectivity index is 2.89. The molecule has 0 fully saturated rings. The first-order valence-corrected chi connectivity index (χ1v) is 6.60. The number of ether oxygens (including phenoxy) is 2. The number of hydrogen-bond acceptors (Lipinski definition) is 4. The van der Waals surface area contributed by atoms with Gasteiger partial charge in [0.25, 0.3) is 5.91 Å². The minimum Gasteiger partial charge on any atom is -0.494 e. The van der Waals surface area contributed by atoms with Crippen molar-refractivity contribution in [1.82, 2.24) is 5.32 Å². The number of carbonyl (C=O) groups is 2. The first-order chi connectivity index (χ1) is 9.46. The molecule has 5 nitrogen and oxygen atoms in total. The third kappa shape index (κ3) is 3.73. The van der Waals surface area contributed by atoms with Crippen molar-refractivity contribution in [2.24, 2.45) is 0 Å². The fourth-order valence-corrected chi connectivity index (χ4v) is 1.73. The molecule has 0 spiro atoms. The highest BCUT2D eigenvalue weighted by atomic mass is 16.5. The Morgan fingerprint density at radius 2 is 2.00 bits per heavy atom. The largest absolute Gasteiger partial charge is 0.494 e. The van der Waals surface area contributed by atoms with Gasteiger partial charge in [0.15, 0.2) is 0 Å². The van der Waals surface area contributed by atoms with Crippen molar-refractivity contribution < 1.29 is 19.1 Å². The van der Waals surface area contributed by atoms with Crippen LogP contribution in [0.25, 0.3) is 0 Å². The molecule has 0 aliphatic rings. The second kappa shape index (κ2) is 6.93. The van der Waals surface area contributed by atoms with Crippen molar-refractivity contribution in [3.05, 3.63) is 29.8 Å². The molecular weight excluding hydrogens is 258 g/mol. The second-order valence-electron chi connectivity index (χ2n) is 4.59. The molecule has 0 aromatic heterocycles. The van der Waals surface area contributed by atoms with Crippen LogP contribution in [0.1, 0.15) is 37.6 Å². The predicted octanol–water partition coefficient (Wildman–Crippen LogP) is 2.16. The van der Waals surface area contributed by atoms with Gasteiger partial charge in [-0.15, -0.1) is 0 Å². The first kappa shape index (κ1) is 16.0. The number of amides is 1. The van der Waals surface area contributed by atoms with Gasteiger partial charge in [-0.3, -0.25) is 4.79 Å². The highest BCUT2D eigenvalue weighted by molar-refractivity contribution is 5.98. The average molecular weight is 279 g/mol. The summed E-state index contributed by atoms with van der Waals surface area (Å²) in [7, 11) is 1.30. The summed E-state index contributed by atoms with van der Waals surface area (Å²) in [6, 6.07) is 6.83. The summed E-state index contributed by atoms with van der Waals surface area (Å²) in [4.78, 5) is 24.0. The molecule has 0 radical (unpaired) electrons. The summed E-state index contributed by atoms with van der Waals surface area (Å²) in [5.41, 5.74) is -0.590. The third-order valence-electron chi connectivity index (χ3n) is 3.14. The lowest BCUT2D eigenvalue weighted by molar-refractivity contribution is -0.147. The van der Waals surface area contributed by atoms with Gasteiger partial charge in [-0.05, 0) is 38.5 Å². The van der Waals surface area contributed by atoms with E-state index in [0.29, 0.717) is 24.3 Å². The lowest BCUT2D eigenvalue weighted by atomic mass is 9.98. The van der Waals surface area contributed by atoms with Crippen molar-refractivity contribution in [3.63, 3.8) is 0 Å². The minimum absolute atomic E-state index is 0.332. The Morgan fingerprint density at radius 1 is 1.30 bits per heavy atom. The number of hydrogen-bond donors (Lipinski definition) is 1. The maximum absolute atomic E-state index is 12.2. The van der Waals surface area contributed by atoms with E-state index in [1.54, 1.807) is 31.2 Å². The van der Waals surface area contributed by atoms with Gasteiger partial charge in [0, 0.05) is 5.56 Å². The molecule has 1 aromatic carbocycles. The maximum Gasteiger partial charge on any atom is 0.331 e. The first-order valence-electron chi connectivity index (χ1n) is 6.60. The molecule has 1 rings (SSSR count). The van der Waals surface area contributed by atoms with Crippen molar-refractivity contribution in [2.45, 2.75) is 32.7 Å². The van der Waals surface area contributed by atoms with Crippen LogP contribution in [-0.4, -0.2) is 31.1 Å². The lowest BCUT2D eigenvalue weighted by Crippen LogP contribution is -2.52. The molecule has 20 heavy (non-hydrogen) atoms. The van der Waals surface area contributed by atoms with Crippen molar-refractivity contribution in [1.29, 1.82) is 0 Å². The van der Waals surface area contributed by atoms with Crippen molar-refractivity contribution in [2.75, 3.05) is 13.7 Å². The molecule has 0 bridgehead atoms. The number of benzene rings is 1. The van der Waals surface area contributed by atoms with Crippen LogP contribution in [0.5, 0.6) is 5.75 Å². The fourth-order valence-electron chi connectivity index (χ4n) is 1.73. The Labute approximate surface area is 119 Å². The molecule has 0 saturated carbocycles. The van der Waals surface area contributed by atoms with Crippen LogP contribution in [0.2, 0.25) is 0 Å². The van der Waals surface area contributed by atoms with Gasteiger partial charge >= 0.3 is 5.97 Å². The number of esters is 1. The molecule has 1 unspecified atom stereocenters. The Hall–Kier alpha value is -2.04. The highest BCUT2D eigenvalue weighted by Crippen LogP contribution is 2.16. The normalized spacial score (nSPS) is 13.2. The molecular formula is C15H21NO4. The standard InChI is InChI=1S/C15H21NO4/c1-5-15(3,14(18)19-4)16-13(17)11-8-7-9-12(10-11)20-6-2/h7-10H,5-6H2,1-4H3,(H,16,17). The quantitative estimate of drug-likeness (QED) is 0.810. The number of methoxy groups -OCH3 is 1. The van der Waals surface area contributed by atoms with E-state index < -0.39 is 11.5 Å². The van der Waals surface area contributed by atoms with E-state index in [-0.39, 0.29) is 5.91 Å². The van der Waals surface area contributed by atoms with Gasteiger partial charge in [0.2, 0.25) is 0 Å². The molecule has 1 aromatic rings. The molecule has 0 aliphatic heterocycles. The van der Waals surface area contributed by atoms with E-state index in [1.807, 2.05) is 13.8 Å². The second-order valence-corrected chi connectivity index (χ2v) is 4.59. The number of carbonyl (C=O) groups excluding carboxylic acids is 2. The van der Waals surface area contributed by atoms with Crippen LogP contribution in [0, 0.1) is 0 Å². The van der Waals surface area contributed by atoms with Crippen molar-refractivity contribution in [3.8, 4) is 5.75 Å². The van der Waals surface area contributed by atoms with E-state index in [2.05, 4.69) is 5.32 Å². The predicted molar refractivity (Wildman–Crippen MR) is 75.8 cm³/mol. The topological polar surface area (TPSA) is 64.6 Å². The smallest absolute Gasteiger partial charge is 0.331 e. The van der Waals surface area contributed by atoms with Crippen LogP contribution >= 0.6 is 0 Å². The Kier molecular flexibility index (Phi) is 5.55. The summed E-state index contributed by atoms with van der Waals surface area (Å²) < 4.78 is 10.1. The maximum atomic E-state index is 12.2. The molecule has 0 aliphatic carbocycles. The van der Waals surface area contributed by atoms with Crippen molar-refractivity contribution >= 4 is 11.9 Å². The van der Waals surface area contributed by atoms with Crippen LogP contribution in [0.3, 0.4) is 0 Å². The minimum atomic E-state index is -1.03. The molecule has 110 valence electrons. The highest BCUT2D eigenvalue weighted by Gasteiger charge is 2.34. The van der Waals surface area contributed by atoms with Gasteiger partial charge in [0.05, 0.1) is 13.7 Å². The van der Waals surface area contributed by atoms with Crippen LogP contribution in [0.15, 0.2) is 24.3 Å². The zero-order valence-corrected chi connectivity index (χ0v) is 12.4. The lowest BCUT2D eigenvalue weighted by Gasteiger charge is -2.26. The van der Waals surface area contributed by atoms with Gasteiger partial charge in [0.1, 0.15) is 11.3 Å². The Morgan fingerprint density at radius 3 is 2.55 bits per heavy atom. The van der Waals surface area contributed by atoms with Crippen LogP contribution in [0.4, 0.5) is 0 Å². The fraction of sp³-hybridized carbons (Fsp3) is 0.467. The molecule has 0 saturated heterocycles. The van der Waals surface area contributed by atoms with E-state index >= 15 is 0 Å². The summed E-state index contributed by atoms with van der Waals surface area (Å²) in [6.07, 6.45) is 0.441. The van der Waals surface area contributed by atoms with Gasteiger partial charge < -0.3 is 14.8 Å². The molecule has 1 atom stereocenters. The zero-order chi connectivity index (χ0) is 15.2. The zero-order valence-electron chi connectivity index (χ0n) is 12.4. The monoisotopic (exact) mass is 279 g/mol. The average Bonchev–Trinajstić information content (AvgIpc) is 2.46. The summed E-state index contributed by atoms with van der Waals surface area (Å²) in [6.45, 7) is 5.86. The summed E-state index contributed by atoms with van der Waals surface area (Å²) in [5, 5.41) is 2.71. The number of nitrogens with one attached hydrogen (secondary N) is 1. The Bertz CT molecular complexity index is 487. The SMILES string of the molecule is CCOc1cccc(C(=O)NC(C)(CC)C(=O)OC)c1. The summed E-state index contributed by atoms with van der Waals surface area (Å²) >= 11 is 0. The summed E-state index contributed by atoms with van der Waals surface area (Å²) in [5.74, 6) is -0.174. The van der Waals surface area contributed by atoms with Crippen LogP contribution < -0.4 is 10.1 Å². The van der Waals surface area contributed by atoms with E-state index in [9.17, 15) is 9.59 Å². The third-order valence-corrected chi connectivity index (χ3v) is 3.14. The van der Waals surface area contributed by atoms with Crippen LogP contribution in [-0.2, 0) is 9.53 Å². The molecule has 1 amide bonds. The van der Waals surface area contributed by atoms with Gasteiger partial charge in [-0.1, -0.05) is 13.0 Å². The van der Waals surface area contributed by atoms with E-state index in [0.717, 1.165) is 0 Å². The van der Waals surface area contributed by atoms with Gasteiger partial charge in [-0.25, -0.2) is 4.79 Å². The number of rotatable bonds is 6. The van der Waals surface area contributed by atoms with E-state index in [1.165, 1.54) is 7.11 Å². The molecule has 0 heterocycles. The van der Waals surface area contributed by atoms with Gasteiger partial charge in [-0.2, -0.15) is 0 Å². The molecule has 1 N–H and O–H groups in total. The molecule has 5 heteroatoms.